The summed E-state index contributed by atoms with van der Waals surface area (Å²) in [6.07, 6.45) is 0.467. The molecule has 6 heteroatoms. The largest absolute Gasteiger partial charge is 0.479 e. The Morgan fingerprint density at radius 2 is 2.44 bits per heavy atom. The van der Waals surface area contributed by atoms with Crippen molar-refractivity contribution in [3.63, 3.8) is 0 Å². The van der Waals surface area contributed by atoms with Gasteiger partial charge in [-0.15, -0.1) is 0 Å². The Morgan fingerprint density at radius 1 is 1.62 bits per heavy atom. The molecule has 0 bridgehead atoms. The quantitative estimate of drug-likeness (QED) is 0.668. The molecule has 0 aliphatic carbocycles. The van der Waals surface area contributed by atoms with E-state index < -0.39 is 0 Å². The fourth-order valence-electron chi connectivity index (χ4n) is 1.61. The number of amides is 1. The van der Waals surface area contributed by atoms with Gasteiger partial charge in [-0.25, -0.2) is 0 Å². The molecule has 2 rings (SSSR count). The summed E-state index contributed by atoms with van der Waals surface area (Å²) in [5.41, 5.74) is 6.14. The van der Waals surface area contributed by atoms with E-state index in [2.05, 4.69) is 15.6 Å². The van der Waals surface area contributed by atoms with Gasteiger partial charge in [-0.05, 0) is 12.1 Å². The van der Waals surface area contributed by atoms with E-state index in [0.717, 1.165) is 0 Å². The number of aromatic nitrogens is 1. The second kappa shape index (κ2) is 4.26. The van der Waals surface area contributed by atoms with Gasteiger partial charge in [-0.1, -0.05) is 0 Å². The highest BCUT2D eigenvalue weighted by molar-refractivity contribution is 5.79. The van der Waals surface area contributed by atoms with E-state index in [1.165, 1.54) is 7.11 Å². The van der Waals surface area contributed by atoms with Crippen molar-refractivity contribution in [2.24, 2.45) is 0 Å². The highest BCUT2D eigenvalue weighted by atomic mass is 16.5. The zero-order valence-corrected chi connectivity index (χ0v) is 8.99. The number of carbonyl (C=O) groups excluding carboxylic acids is 1. The molecule has 6 nitrogen and oxygen atoms in total. The maximum Gasteiger partial charge on any atom is 0.238 e. The molecule has 16 heavy (non-hydrogen) atoms. The van der Waals surface area contributed by atoms with Crippen LogP contribution in [0.15, 0.2) is 12.1 Å². The fraction of sp³-hybridized carbons (Fsp3) is 0.400. The minimum absolute atomic E-state index is 0.0555. The van der Waals surface area contributed by atoms with Crippen LogP contribution in [-0.4, -0.2) is 30.6 Å². The number of nitrogens with zero attached hydrogens (tertiary/aromatic N) is 1. The standard InChI is InChI=1S/C10H14N4O2/c1-16-10-7(11)2-3-8(14-10)13-6-4-9(15)12-5-6/h2-3,6H,4-5,11H2,1H3,(H,12,15)(H,13,14). The van der Waals surface area contributed by atoms with E-state index in [-0.39, 0.29) is 11.9 Å². The Balaban J connectivity index is 2.07. The van der Waals surface area contributed by atoms with Gasteiger partial charge in [0, 0.05) is 13.0 Å². The first-order chi connectivity index (χ1) is 7.69. The van der Waals surface area contributed by atoms with Gasteiger partial charge in [-0.2, -0.15) is 4.98 Å². The maximum absolute atomic E-state index is 11.0. The summed E-state index contributed by atoms with van der Waals surface area (Å²) in [6, 6.07) is 3.56. The van der Waals surface area contributed by atoms with E-state index >= 15 is 0 Å². The van der Waals surface area contributed by atoms with Gasteiger partial charge in [0.05, 0.1) is 18.8 Å². The number of methoxy groups -OCH3 is 1. The minimum atomic E-state index is 0.0555. The molecule has 4 N–H and O–H groups in total. The first-order valence-corrected chi connectivity index (χ1v) is 5.03. The van der Waals surface area contributed by atoms with Crippen LogP contribution in [0.2, 0.25) is 0 Å². The first kappa shape index (κ1) is 10.5. The van der Waals surface area contributed by atoms with Gasteiger partial charge < -0.3 is 21.1 Å². The molecule has 1 amide bonds. The van der Waals surface area contributed by atoms with Crippen molar-refractivity contribution in [2.75, 3.05) is 24.7 Å². The summed E-state index contributed by atoms with van der Waals surface area (Å²) in [6.45, 7) is 0.618. The molecule has 0 aromatic carbocycles. The van der Waals surface area contributed by atoms with Crippen LogP contribution in [0.1, 0.15) is 6.42 Å². The molecule has 0 spiro atoms. The van der Waals surface area contributed by atoms with Crippen LogP contribution in [0, 0.1) is 0 Å². The Labute approximate surface area is 93.2 Å². The topological polar surface area (TPSA) is 89.3 Å². The lowest BCUT2D eigenvalue weighted by atomic mass is 10.2. The molecule has 1 aliphatic rings. The van der Waals surface area contributed by atoms with E-state index in [4.69, 9.17) is 10.5 Å². The lowest BCUT2D eigenvalue weighted by Crippen LogP contribution is -2.22. The van der Waals surface area contributed by atoms with E-state index in [9.17, 15) is 4.79 Å². The number of ether oxygens (including phenoxy) is 1. The summed E-state index contributed by atoms with van der Waals surface area (Å²) < 4.78 is 5.01. The van der Waals surface area contributed by atoms with Crippen molar-refractivity contribution in [3.05, 3.63) is 12.1 Å². The second-order valence-electron chi connectivity index (χ2n) is 3.64. The predicted octanol–water partition coefficient (Wildman–Crippen LogP) is -0.0272. The Morgan fingerprint density at radius 3 is 3.06 bits per heavy atom. The molecule has 1 fully saturated rings. The molecule has 1 aliphatic heterocycles. The zero-order valence-electron chi connectivity index (χ0n) is 8.99. The Kier molecular flexibility index (Phi) is 2.80. The molecule has 2 heterocycles. The molecule has 1 atom stereocenters. The van der Waals surface area contributed by atoms with E-state index in [1.807, 2.05) is 0 Å². The highest BCUT2D eigenvalue weighted by Gasteiger charge is 2.21. The average molecular weight is 222 g/mol. The summed E-state index contributed by atoms with van der Waals surface area (Å²) in [7, 11) is 1.52. The summed E-state index contributed by atoms with van der Waals surface area (Å²) >= 11 is 0. The lowest BCUT2D eigenvalue weighted by molar-refractivity contribution is -0.119. The van der Waals surface area contributed by atoms with Gasteiger partial charge in [-0.3, -0.25) is 4.79 Å². The normalized spacial score (nSPS) is 19.3. The van der Waals surface area contributed by atoms with Crippen molar-refractivity contribution in [1.29, 1.82) is 0 Å². The van der Waals surface area contributed by atoms with Gasteiger partial charge >= 0.3 is 0 Å². The van der Waals surface area contributed by atoms with Crippen LogP contribution < -0.4 is 21.1 Å². The van der Waals surface area contributed by atoms with Crippen molar-refractivity contribution < 1.29 is 9.53 Å². The summed E-state index contributed by atoms with van der Waals surface area (Å²) in [5, 5.41) is 5.89. The number of anilines is 2. The Hall–Kier alpha value is -1.98. The minimum Gasteiger partial charge on any atom is -0.479 e. The van der Waals surface area contributed by atoms with Gasteiger partial charge in [0.1, 0.15) is 5.82 Å². The second-order valence-corrected chi connectivity index (χ2v) is 3.64. The fourth-order valence-corrected chi connectivity index (χ4v) is 1.61. The number of nitrogens with two attached hydrogens (primary N) is 1. The number of nitrogen functional groups attached to an aromatic ring is 1. The van der Waals surface area contributed by atoms with Gasteiger partial charge in [0.2, 0.25) is 11.8 Å². The zero-order chi connectivity index (χ0) is 11.5. The van der Waals surface area contributed by atoms with Crippen LogP contribution in [0.4, 0.5) is 11.5 Å². The van der Waals surface area contributed by atoms with Crippen LogP contribution >= 0.6 is 0 Å². The van der Waals surface area contributed by atoms with E-state index in [1.54, 1.807) is 12.1 Å². The number of nitrogens with one attached hydrogen (secondary N) is 2. The number of hydrogen-bond acceptors (Lipinski definition) is 5. The van der Waals surface area contributed by atoms with Crippen molar-refractivity contribution in [1.82, 2.24) is 10.3 Å². The van der Waals surface area contributed by atoms with Crippen LogP contribution in [-0.2, 0) is 4.79 Å². The molecular formula is C10H14N4O2. The molecule has 1 aromatic rings. The predicted molar refractivity (Wildman–Crippen MR) is 60.2 cm³/mol. The first-order valence-electron chi connectivity index (χ1n) is 5.03. The summed E-state index contributed by atoms with van der Waals surface area (Å²) in [5.74, 6) is 1.11. The number of hydrogen-bond donors (Lipinski definition) is 3. The third kappa shape index (κ3) is 2.16. The third-order valence-electron chi connectivity index (χ3n) is 2.41. The Bertz CT molecular complexity index is 408. The molecule has 1 unspecified atom stereocenters. The molecule has 1 aromatic heterocycles. The van der Waals surface area contributed by atoms with Crippen LogP contribution in [0.3, 0.4) is 0 Å². The van der Waals surface area contributed by atoms with Crippen LogP contribution in [0.5, 0.6) is 5.88 Å². The molecule has 0 saturated carbocycles. The van der Waals surface area contributed by atoms with Crippen LogP contribution in [0.25, 0.3) is 0 Å². The van der Waals surface area contributed by atoms with Crippen molar-refractivity contribution in [3.8, 4) is 5.88 Å². The summed E-state index contributed by atoms with van der Waals surface area (Å²) in [4.78, 5) is 15.2. The highest BCUT2D eigenvalue weighted by Crippen LogP contribution is 2.21. The van der Waals surface area contributed by atoms with Gasteiger partial charge in [0.15, 0.2) is 0 Å². The lowest BCUT2D eigenvalue weighted by Gasteiger charge is -2.12. The smallest absolute Gasteiger partial charge is 0.238 e. The number of rotatable bonds is 3. The SMILES string of the molecule is COc1nc(NC2CNC(=O)C2)ccc1N. The van der Waals surface area contributed by atoms with Crippen molar-refractivity contribution >= 4 is 17.4 Å². The monoisotopic (exact) mass is 222 g/mol. The maximum atomic E-state index is 11.0. The van der Waals surface area contributed by atoms with Crippen molar-refractivity contribution in [2.45, 2.75) is 12.5 Å². The third-order valence-corrected chi connectivity index (χ3v) is 2.41. The number of pyridine rings is 1. The van der Waals surface area contributed by atoms with E-state index in [0.29, 0.717) is 30.4 Å². The molecular weight excluding hydrogens is 208 g/mol. The molecule has 0 radical (unpaired) electrons. The number of carbonyl (C=O) groups is 1. The molecule has 1 saturated heterocycles. The molecule has 86 valence electrons. The average Bonchev–Trinajstić information content (AvgIpc) is 2.67. The van der Waals surface area contributed by atoms with Gasteiger partial charge in [0.25, 0.3) is 0 Å².